The molecule has 5 nitrogen and oxygen atoms in total. The van der Waals surface area contributed by atoms with E-state index < -0.39 is 5.54 Å². The third-order valence-corrected chi connectivity index (χ3v) is 4.25. The lowest BCUT2D eigenvalue weighted by Crippen LogP contribution is -2.34. The van der Waals surface area contributed by atoms with E-state index in [0.29, 0.717) is 17.5 Å². The van der Waals surface area contributed by atoms with Crippen LogP contribution in [0, 0.1) is 6.92 Å². The number of benzene rings is 1. The summed E-state index contributed by atoms with van der Waals surface area (Å²) < 4.78 is 11.1. The van der Waals surface area contributed by atoms with Gasteiger partial charge in [0.25, 0.3) is 5.89 Å². The van der Waals surface area contributed by atoms with Crippen molar-refractivity contribution in [1.82, 2.24) is 10.1 Å². The van der Waals surface area contributed by atoms with Crippen LogP contribution in [0.2, 0.25) is 0 Å². The number of aromatic nitrogens is 2. The first-order valence-electron chi connectivity index (χ1n) is 7.28. The molecule has 0 unspecified atom stereocenters. The second-order valence-electron chi connectivity index (χ2n) is 5.94. The van der Waals surface area contributed by atoms with Crippen molar-refractivity contribution in [1.29, 1.82) is 0 Å². The fourth-order valence-electron chi connectivity index (χ4n) is 3.02. The van der Waals surface area contributed by atoms with Gasteiger partial charge in [0, 0.05) is 5.39 Å². The van der Waals surface area contributed by atoms with Gasteiger partial charge in [-0.1, -0.05) is 29.6 Å². The van der Waals surface area contributed by atoms with Crippen LogP contribution in [-0.4, -0.2) is 10.1 Å². The van der Waals surface area contributed by atoms with Crippen LogP contribution in [0.25, 0.3) is 22.6 Å². The van der Waals surface area contributed by atoms with Gasteiger partial charge in [0.05, 0.1) is 5.54 Å². The zero-order valence-electron chi connectivity index (χ0n) is 12.3. The van der Waals surface area contributed by atoms with E-state index in [1.165, 1.54) is 5.56 Å². The van der Waals surface area contributed by atoms with Crippen LogP contribution in [0.15, 0.2) is 33.2 Å². The maximum atomic E-state index is 6.35. The van der Waals surface area contributed by atoms with Gasteiger partial charge in [-0.05, 0) is 38.0 Å². The summed E-state index contributed by atoms with van der Waals surface area (Å²) in [7, 11) is 0. The van der Waals surface area contributed by atoms with Crippen LogP contribution in [0.4, 0.5) is 0 Å². The molecule has 0 saturated heterocycles. The summed E-state index contributed by atoms with van der Waals surface area (Å²) in [6, 6.07) is 7.97. The monoisotopic (exact) mass is 319 g/mol. The maximum Gasteiger partial charge on any atom is 0.293 e. The number of hydrogen-bond donors (Lipinski definition) is 1. The number of halogens is 1. The van der Waals surface area contributed by atoms with Gasteiger partial charge in [0.1, 0.15) is 5.58 Å². The van der Waals surface area contributed by atoms with E-state index >= 15 is 0 Å². The lowest BCUT2D eigenvalue weighted by Gasteiger charge is -2.17. The number of nitrogens with zero attached hydrogens (tertiary/aromatic N) is 2. The second kappa shape index (κ2) is 5.41. The summed E-state index contributed by atoms with van der Waals surface area (Å²) in [5.74, 6) is 1.58. The van der Waals surface area contributed by atoms with E-state index in [4.69, 9.17) is 14.7 Å². The highest BCUT2D eigenvalue weighted by Crippen LogP contribution is 2.36. The van der Waals surface area contributed by atoms with Gasteiger partial charge < -0.3 is 14.7 Å². The lowest BCUT2D eigenvalue weighted by atomic mass is 9.99. The third-order valence-electron chi connectivity index (χ3n) is 4.25. The quantitative estimate of drug-likeness (QED) is 0.774. The fourth-order valence-corrected chi connectivity index (χ4v) is 3.02. The van der Waals surface area contributed by atoms with Gasteiger partial charge in [-0.2, -0.15) is 4.98 Å². The number of hydrogen-bond acceptors (Lipinski definition) is 5. The smallest absolute Gasteiger partial charge is 0.293 e. The molecular formula is C16H18ClN3O2. The molecule has 2 aromatic heterocycles. The van der Waals surface area contributed by atoms with Crippen molar-refractivity contribution in [2.75, 3.05) is 0 Å². The predicted molar refractivity (Wildman–Crippen MR) is 85.8 cm³/mol. The number of rotatable bonds is 2. The molecule has 2 N–H and O–H groups in total. The Kier molecular flexibility index (Phi) is 3.70. The summed E-state index contributed by atoms with van der Waals surface area (Å²) in [5, 5.41) is 5.10. The minimum absolute atomic E-state index is 0. The first-order valence-corrected chi connectivity index (χ1v) is 7.28. The Morgan fingerprint density at radius 1 is 1.18 bits per heavy atom. The fraction of sp³-hybridized carbons (Fsp3) is 0.375. The molecular weight excluding hydrogens is 302 g/mol. The highest BCUT2D eigenvalue weighted by atomic mass is 35.5. The van der Waals surface area contributed by atoms with Crippen molar-refractivity contribution in [2.24, 2.45) is 5.73 Å². The number of nitrogens with two attached hydrogens (primary N) is 1. The summed E-state index contributed by atoms with van der Waals surface area (Å²) in [6.45, 7) is 2.05. The summed E-state index contributed by atoms with van der Waals surface area (Å²) >= 11 is 0. The van der Waals surface area contributed by atoms with Crippen molar-refractivity contribution >= 4 is 23.4 Å². The molecule has 1 saturated carbocycles. The Morgan fingerprint density at radius 2 is 1.95 bits per heavy atom. The highest BCUT2D eigenvalue weighted by Gasteiger charge is 2.36. The molecule has 2 heterocycles. The largest absolute Gasteiger partial charge is 0.451 e. The Bertz CT molecular complexity index is 803. The molecule has 0 radical (unpaired) electrons. The first kappa shape index (κ1) is 15.1. The van der Waals surface area contributed by atoms with E-state index in [0.717, 1.165) is 36.7 Å². The molecule has 116 valence electrons. The Morgan fingerprint density at radius 3 is 2.73 bits per heavy atom. The van der Waals surface area contributed by atoms with E-state index in [2.05, 4.69) is 23.1 Å². The zero-order chi connectivity index (χ0) is 14.4. The van der Waals surface area contributed by atoms with Crippen molar-refractivity contribution in [3.05, 3.63) is 35.7 Å². The van der Waals surface area contributed by atoms with Crippen LogP contribution < -0.4 is 5.73 Å². The van der Waals surface area contributed by atoms with Crippen molar-refractivity contribution in [3.8, 4) is 11.7 Å². The molecule has 0 spiro atoms. The van der Waals surface area contributed by atoms with Crippen molar-refractivity contribution < 1.29 is 8.94 Å². The van der Waals surface area contributed by atoms with Crippen LogP contribution in [-0.2, 0) is 5.54 Å². The van der Waals surface area contributed by atoms with E-state index in [1.807, 2.05) is 18.2 Å². The van der Waals surface area contributed by atoms with Crippen molar-refractivity contribution in [3.63, 3.8) is 0 Å². The summed E-state index contributed by atoms with van der Waals surface area (Å²) in [6.07, 6.45) is 4.05. The third kappa shape index (κ3) is 2.40. The average Bonchev–Trinajstić information content (AvgIpc) is 3.15. The predicted octanol–water partition coefficient (Wildman–Crippen LogP) is 3.94. The molecule has 0 aliphatic heterocycles. The van der Waals surface area contributed by atoms with Crippen LogP contribution in [0.5, 0.6) is 0 Å². The molecule has 22 heavy (non-hydrogen) atoms. The number of furan rings is 1. The standard InChI is InChI=1S/C16H17N3O2.ClH/c1-10-4-5-12-11(8-10)9-13(20-12)14-18-15(19-21-14)16(17)6-2-3-7-16;/h4-5,8-9H,2-3,6-7,17H2,1H3;1H. The Labute approximate surface area is 134 Å². The van der Waals surface area contributed by atoms with Crippen LogP contribution >= 0.6 is 12.4 Å². The molecule has 0 atom stereocenters. The molecule has 0 amide bonds. The molecule has 3 aromatic rings. The Hall–Kier alpha value is -1.85. The lowest BCUT2D eigenvalue weighted by molar-refractivity contribution is 0.369. The molecule has 6 heteroatoms. The Balaban J connectivity index is 0.00000144. The normalized spacial score (nSPS) is 16.8. The SMILES string of the molecule is Cc1ccc2oc(-c3nc(C4(N)CCCC4)no3)cc2c1.Cl. The molecule has 4 rings (SSSR count). The van der Waals surface area contributed by atoms with E-state index in [1.54, 1.807) is 0 Å². The summed E-state index contributed by atoms with van der Waals surface area (Å²) in [5.41, 5.74) is 7.92. The molecule has 1 aromatic carbocycles. The van der Waals surface area contributed by atoms with E-state index in [-0.39, 0.29) is 12.4 Å². The highest BCUT2D eigenvalue weighted by molar-refractivity contribution is 5.85. The van der Waals surface area contributed by atoms with Crippen LogP contribution in [0.3, 0.4) is 0 Å². The van der Waals surface area contributed by atoms with E-state index in [9.17, 15) is 0 Å². The zero-order valence-corrected chi connectivity index (χ0v) is 13.2. The number of aryl methyl sites for hydroxylation is 1. The molecule has 1 aliphatic rings. The minimum atomic E-state index is -0.440. The van der Waals surface area contributed by atoms with Gasteiger partial charge >= 0.3 is 0 Å². The molecule has 0 bridgehead atoms. The first-order chi connectivity index (χ1) is 10.1. The maximum absolute atomic E-state index is 6.35. The average molecular weight is 320 g/mol. The summed E-state index contributed by atoms with van der Waals surface area (Å²) in [4.78, 5) is 4.46. The van der Waals surface area contributed by atoms with Crippen molar-refractivity contribution in [2.45, 2.75) is 38.1 Å². The number of fused-ring (bicyclic) bond motifs is 1. The molecule has 1 aliphatic carbocycles. The topological polar surface area (TPSA) is 78.1 Å². The van der Waals surface area contributed by atoms with Gasteiger partial charge in [0.15, 0.2) is 11.6 Å². The van der Waals surface area contributed by atoms with Gasteiger partial charge in [-0.15, -0.1) is 12.4 Å². The van der Waals surface area contributed by atoms with Gasteiger partial charge in [-0.25, -0.2) is 0 Å². The molecule has 1 fully saturated rings. The minimum Gasteiger partial charge on any atom is -0.451 e. The van der Waals surface area contributed by atoms with Gasteiger partial charge in [-0.3, -0.25) is 0 Å². The second-order valence-corrected chi connectivity index (χ2v) is 5.94. The van der Waals surface area contributed by atoms with Gasteiger partial charge in [0.2, 0.25) is 0 Å². The van der Waals surface area contributed by atoms with Crippen LogP contribution in [0.1, 0.15) is 37.1 Å².